The topological polar surface area (TPSA) is 21.8 Å². The predicted octanol–water partition coefficient (Wildman–Crippen LogP) is 1.13. The molecule has 2 nitrogen and oxygen atoms in total. The van der Waals surface area contributed by atoms with Crippen LogP contribution in [0.25, 0.3) is 0 Å². The molecule has 0 aromatic carbocycles. The molecule has 1 atom stereocenters. The van der Waals surface area contributed by atoms with Crippen LogP contribution < -0.4 is 0 Å². The summed E-state index contributed by atoms with van der Waals surface area (Å²) in [7, 11) is 0. The van der Waals surface area contributed by atoms with Gasteiger partial charge in [0.2, 0.25) is 0 Å². The van der Waals surface area contributed by atoms with E-state index in [1.165, 1.54) is 0 Å². The maximum atomic E-state index is 11.8. The van der Waals surface area contributed by atoms with Crippen molar-refractivity contribution in [3.8, 4) is 0 Å². The van der Waals surface area contributed by atoms with E-state index in [0.717, 1.165) is 0 Å². The fraction of sp³-hybridized carbons (Fsp3) is 0.800. The average molecular weight is 422 g/mol. The van der Waals surface area contributed by atoms with Crippen molar-refractivity contribution in [3.05, 3.63) is 6.67 Å². The van der Waals surface area contributed by atoms with Crippen molar-refractivity contribution in [3.63, 3.8) is 0 Å². The maximum absolute atomic E-state index is 11.8. The first-order chi connectivity index (χ1) is 4.64. The molecule has 6 heteroatoms. The second-order valence-electron chi connectivity index (χ2n) is 1.94. The van der Waals surface area contributed by atoms with Crippen molar-refractivity contribution >= 4 is 0 Å². The van der Waals surface area contributed by atoms with E-state index in [-0.39, 0.29) is 12.7 Å². The van der Waals surface area contributed by atoms with E-state index in [4.69, 9.17) is 0 Å². The van der Waals surface area contributed by atoms with Gasteiger partial charge in [-0.2, -0.15) is 0 Å². The van der Waals surface area contributed by atoms with Gasteiger partial charge in [-0.3, -0.25) is 0 Å². The first-order valence-electron chi connectivity index (χ1n) is 2.72. The van der Waals surface area contributed by atoms with Gasteiger partial charge in [0.25, 0.3) is 6.11 Å². The standard InChI is InChI=1S/C5H6F3O2.Rf/c6-3-5(7,8)10-2-4-1-9-4;/h3-4H,1-2H2;/q-1;. The summed E-state index contributed by atoms with van der Waals surface area (Å²) in [6, 6.07) is 0. The SMILES string of the molecule is F[CH-]C(F)(F)OCC1CO1.[Rf]. The zero-order chi connectivity index (χ0) is 7.61. The third kappa shape index (κ3) is 3.42. The largest absolute Gasteiger partial charge is 0.451 e. The molecule has 1 aliphatic heterocycles. The number of hydrogen-bond donors (Lipinski definition) is 0. The Balaban J connectivity index is 0.000001000. The minimum absolute atomic E-state index is 0. The van der Waals surface area contributed by atoms with Crippen LogP contribution in [0.2, 0.25) is 0 Å². The van der Waals surface area contributed by atoms with Gasteiger partial charge in [0.05, 0.1) is 13.2 Å². The maximum Gasteiger partial charge on any atom is 0.258 e. The van der Waals surface area contributed by atoms with E-state index in [1.54, 1.807) is 0 Å². The molecule has 0 amide bonds. The van der Waals surface area contributed by atoms with Crippen LogP contribution in [0.4, 0.5) is 13.2 Å². The minimum atomic E-state index is -3.76. The molecule has 1 unspecified atom stereocenters. The van der Waals surface area contributed by atoms with Crippen LogP contribution in [0.3, 0.4) is 0 Å². The van der Waals surface area contributed by atoms with Crippen LogP contribution >= 0.6 is 0 Å². The number of hydrogen-bond acceptors (Lipinski definition) is 2. The van der Waals surface area contributed by atoms with Gasteiger partial charge in [0.1, 0.15) is 6.10 Å². The summed E-state index contributed by atoms with van der Waals surface area (Å²) < 4.78 is 43.2. The Morgan fingerprint density at radius 1 is 1.64 bits per heavy atom. The second kappa shape index (κ2) is 3.21. The second-order valence-corrected chi connectivity index (χ2v) is 1.94. The number of halogens is 3. The Hall–Kier alpha value is -1.29. The summed E-state index contributed by atoms with van der Waals surface area (Å²) in [6.07, 6.45) is -4.03. The van der Waals surface area contributed by atoms with Gasteiger partial charge >= 0.3 is 0 Å². The number of ether oxygens (including phenoxy) is 2. The summed E-state index contributed by atoms with van der Waals surface area (Å²) in [6.45, 7) is -0.620. The average Bonchev–Trinajstić information content (AvgIpc) is 2.66. The molecule has 1 fully saturated rings. The first kappa shape index (κ1) is 9.71. The summed E-state index contributed by atoms with van der Waals surface area (Å²) in [5.41, 5.74) is 0. The zero-order valence-electron chi connectivity index (χ0n) is 5.73. The Morgan fingerprint density at radius 3 is 2.55 bits per heavy atom. The molecule has 0 saturated carbocycles. The quantitative estimate of drug-likeness (QED) is 0.501. The smallest absolute Gasteiger partial charge is 0.258 e. The molecule has 0 radical (unpaired) electrons. The van der Waals surface area contributed by atoms with Crippen LogP contribution in [0.5, 0.6) is 0 Å². The minimum Gasteiger partial charge on any atom is -0.451 e. The molecule has 1 aliphatic rings. The molecule has 0 aromatic rings. The molecule has 0 N–H and O–H groups in total. The van der Waals surface area contributed by atoms with Gasteiger partial charge in [0, 0.05) is 0 Å². The van der Waals surface area contributed by atoms with E-state index in [1.807, 2.05) is 0 Å². The Bertz CT molecular complexity index is 118. The summed E-state index contributed by atoms with van der Waals surface area (Å²) >= 11 is 0. The molecule has 1 saturated heterocycles. The van der Waals surface area contributed by atoms with E-state index in [0.29, 0.717) is 6.61 Å². The van der Waals surface area contributed by atoms with Crippen LogP contribution in [0, 0.1) is 6.67 Å². The van der Waals surface area contributed by atoms with Gasteiger partial charge in [0.15, 0.2) is 0 Å². The van der Waals surface area contributed by atoms with Gasteiger partial charge in [-0.25, -0.2) is 8.78 Å². The van der Waals surface area contributed by atoms with Crippen molar-refractivity contribution < 1.29 is 22.6 Å². The molecule has 62 valence electrons. The van der Waals surface area contributed by atoms with Gasteiger partial charge in [-0.1, -0.05) is 6.67 Å². The van der Waals surface area contributed by atoms with Crippen molar-refractivity contribution in [2.45, 2.75) is 12.2 Å². The van der Waals surface area contributed by atoms with Crippen LogP contribution in [0.1, 0.15) is 0 Å². The third-order valence-electron chi connectivity index (χ3n) is 0.991. The van der Waals surface area contributed by atoms with Crippen LogP contribution in [-0.4, -0.2) is 25.4 Å². The van der Waals surface area contributed by atoms with Crippen LogP contribution in [-0.2, 0) is 9.47 Å². The molecular weight excluding hydrogens is 416 g/mol. The van der Waals surface area contributed by atoms with Crippen molar-refractivity contribution in [2.24, 2.45) is 0 Å². The Labute approximate surface area is 55.9 Å². The van der Waals surface area contributed by atoms with E-state index in [9.17, 15) is 13.2 Å². The number of epoxide rings is 1. The first-order valence-corrected chi connectivity index (χ1v) is 2.72. The van der Waals surface area contributed by atoms with Crippen LogP contribution in [0.15, 0.2) is 0 Å². The Morgan fingerprint density at radius 2 is 2.18 bits per heavy atom. The fourth-order valence-corrected chi connectivity index (χ4v) is 0.400. The summed E-state index contributed by atoms with van der Waals surface area (Å²) in [5, 5.41) is 0. The van der Waals surface area contributed by atoms with Gasteiger partial charge in [-0.15, -0.1) is 0 Å². The third-order valence-corrected chi connectivity index (χ3v) is 0.991. The molecule has 11 heavy (non-hydrogen) atoms. The molecule has 0 aliphatic carbocycles. The molecule has 1 heterocycles. The Kier molecular flexibility index (Phi) is 2.83. The van der Waals surface area contributed by atoms with E-state index in [2.05, 4.69) is 9.47 Å². The summed E-state index contributed by atoms with van der Waals surface area (Å²) in [5.74, 6) is 0. The van der Waals surface area contributed by atoms with E-state index >= 15 is 0 Å². The molecule has 0 bridgehead atoms. The van der Waals surface area contributed by atoms with Crippen molar-refractivity contribution in [2.75, 3.05) is 13.2 Å². The van der Waals surface area contributed by atoms with Crippen molar-refractivity contribution in [1.29, 1.82) is 0 Å². The predicted molar refractivity (Wildman–Crippen MR) is 26.0 cm³/mol. The molecule has 1 rings (SSSR count). The molecule has 0 aromatic heterocycles. The zero-order valence-corrected chi connectivity index (χ0v) is 12.1. The molecule has 0 spiro atoms. The van der Waals surface area contributed by atoms with Crippen molar-refractivity contribution in [1.82, 2.24) is 0 Å². The van der Waals surface area contributed by atoms with E-state index < -0.39 is 12.8 Å². The fourth-order valence-electron chi connectivity index (χ4n) is 0.400. The van der Waals surface area contributed by atoms with Gasteiger partial charge < -0.3 is 13.9 Å². The number of alkyl halides is 2. The molecular formula is C5H6F3O2Rf-. The summed E-state index contributed by atoms with van der Waals surface area (Å²) in [4.78, 5) is 0. The monoisotopic (exact) mass is 422 g/mol. The normalized spacial score (nSPS) is 22.6. The van der Waals surface area contributed by atoms with Gasteiger partial charge in [-0.05, 0) is 0 Å². The number of rotatable bonds is 4.